The van der Waals surface area contributed by atoms with E-state index < -0.39 is 0 Å². The molecule has 0 radical (unpaired) electrons. The number of nitrogens with one attached hydrogen (secondary N) is 2. The summed E-state index contributed by atoms with van der Waals surface area (Å²) in [5.74, 6) is 0. The van der Waals surface area contributed by atoms with E-state index in [0.717, 1.165) is 54.9 Å². The second kappa shape index (κ2) is 46.2. The highest BCUT2D eigenvalue weighted by Crippen LogP contribution is 2.20. The first-order valence-corrected chi connectivity index (χ1v) is 35.8. The minimum atomic E-state index is 0.845. The number of thiophene rings is 1. The molecule has 0 fully saturated rings. The van der Waals surface area contributed by atoms with Gasteiger partial charge < -0.3 is 13.9 Å². The van der Waals surface area contributed by atoms with Crippen LogP contribution in [0.1, 0.15) is 0 Å². The number of H-pyrrole nitrogens is 2. The Labute approximate surface area is 632 Å². The van der Waals surface area contributed by atoms with Crippen molar-refractivity contribution in [3.8, 4) is 0 Å². The van der Waals surface area contributed by atoms with Gasteiger partial charge in [-0.2, -0.15) is 15.3 Å². The lowest BCUT2D eigenvalue weighted by Crippen LogP contribution is -1.78. The monoisotopic (exact) mass is 1450 g/mol. The van der Waals surface area contributed by atoms with Crippen molar-refractivity contribution in [2.24, 2.45) is 0 Å². The first kappa shape index (κ1) is 76.2. The maximum atomic E-state index is 5.12. The smallest absolute Gasteiger partial charge is 0.166 e. The van der Waals surface area contributed by atoms with Gasteiger partial charge in [0.1, 0.15) is 5.58 Å². The lowest BCUT2D eigenvalue weighted by atomic mass is 10.2. The third-order valence-electron chi connectivity index (χ3n) is 14.7. The van der Waals surface area contributed by atoms with E-state index >= 15 is 0 Å². The Kier molecular flexibility index (Phi) is 32.6. The number of hydrogen-bond donors (Lipinski definition) is 2. The van der Waals surface area contributed by atoms with Gasteiger partial charge in [0, 0.05) is 119 Å². The standard InChI is InChI=1S/2C9H7N.C8H6N2.C8H7N.C8H6O.C8H6S.C7H6N2.C7H5NO.C7H5NS.C6H6.C5H5N.2C4H4N2/c1-2-6-9-8(4-1)5-3-7-10-9;1-2-4-9-7-10-6-5-8(9)3-1;1-2-4-8-7(3-1)9-5-6-10-8;3*1-2-4-8-7(3-1)5-6-9-8;2*1-2-4-7-6(3-1)5-8-9-7;1-2-4-7-6(3-1)8-5-9-7;2*1-2-4-6-5-3-1;1-2-6-4-3-5-1;1-2-4-6-5-3-1/h2*1-7H;1-6H;1-6,9H;2*1-6H;1-5H,(H,8,9);2*1-5H;1-6H;1-5H;2*1-4H. The van der Waals surface area contributed by atoms with E-state index in [9.17, 15) is 0 Å². The van der Waals surface area contributed by atoms with Crippen molar-refractivity contribution in [3.63, 3.8) is 0 Å². The zero-order chi connectivity index (χ0) is 74.0. The number of pyridine rings is 3. The molecule has 108 heavy (non-hydrogen) atoms. The van der Waals surface area contributed by atoms with E-state index in [1.807, 2.05) is 279 Å². The van der Waals surface area contributed by atoms with Crippen LogP contribution in [-0.4, -0.2) is 70.4 Å². The first-order valence-electron chi connectivity index (χ1n) is 34.0. The quantitative estimate of drug-likeness (QED) is 0.145. The molecule has 22 aromatic rings. The Bertz CT molecular complexity index is 4700. The van der Waals surface area contributed by atoms with E-state index in [1.165, 1.54) is 41.8 Å². The number of aromatic nitrogens is 14. The molecule has 0 aliphatic rings. The van der Waals surface area contributed by atoms with Crippen molar-refractivity contribution in [1.29, 1.82) is 0 Å². The lowest BCUT2D eigenvalue weighted by molar-refractivity contribution is 0.456. The third-order valence-corrected chi connectivity index (χ3v) is 16.4. The van der Waals surface area contributed by atoms with Gasteiger partial charge >= 0.3 is 0 Å². The highest BCUT2D eigenvalue weighted by atomic mass is 32.1. The highest BCUT2D eigenvalue weighted by molar-refractivity contribution is 7.17. The number of nitrogens with zero attached hydrogens (tertiary/aromatic N) is 12. The molecule has 12 aromatic heterocycles. The predicted molar refractivity (Wildman–Crippen MR) is 444 cm³/mol. The number of fused-ring (bicyclic) bond motifs is 9. The average Bonchev–Trinajstić information content (AvgIpc) is 1.76. The molecule has 16 nitrogen and oxygen atoms in total. The third kappa shape index (κ3) is 27.4. The van der Waals surface area contributed by atoms with E-state index in [-0.39, 0.29) is 0 Å². The molecule has 528 valence electrons. The summed E-state index contributed by atoms with van der Waals surface area (Å²) in [5.41, 5.74) is 10.0. The molecule has 0 atom stereocenters. The van der Waals surface area contributed by atoms with Crippen LogP contribution >= 0.6 is 22.7 Å². The van der Waals surface area contributed by atoms with Crippen LogP contribution in [0.3, 0.4) is 0 Å². The summed E-state index contributed by atoms with van der Waals surface area (Å²) in [7, 11) is 0. The lowest BCUT2D eigenvalue weighted by Gasteiger charge is -1.91. The SMILES string of the molecule is c1ccc2[nH]ccc2c1.c1ccc2[nH]ncc2c1.c1ccc2cnccc2c1.c1ccc2ncccc2c1.c1ccc2nccnc2c1.c1ccc2occc2c1.c1ccc2oncc2c1.c1ccc2sccc2c1.c1ccc2scnc2c1.c1ccccc1.c1ccncc1.c1ccnnc1.c1cnccn1. The number of aromatic amines is 2. The average molecular weight is 1450 g/mol. The van der Waals surface area contributed by atoms with Gasteiger partial charge in [-0.25, -0.2) is 4.98 Å². The predicted octanol–water partition coefficient (Wildman–Crippen LogP) is 23.0. The minimum absolute atomic E-state index is 0.845. The molecule has 12 heterocycles. The number of rotatable bonds is 0. The van der Waals surface area contributed by atoms with Gasteiger partial charge in [-0.1, -0.05) is 205 Å². The fourth-order valence-corrected chi connectivity index (χ4v) is 10.9. The molecule has 0 aliphatic carbocycles. The van der Waals surface area contributed by atoms with Gasteiger partial charge in [0.05, 0.1) is 56.5 Å². The van der Waals surface area contributed by atoms with Gasteiger partial charge in [-0.3, -0.25) is 40.0 Å². The Morgan fingerprint density at radius 2 is 0.787 bits per heavy atom. The Morgan fingerprint density at radius 1 is 0.269 bits per heavy atom. The summed E-state index contributed by atoms with van der Waals surface area (Å²) >= 11 is 3.46. The highest BCUT2D eigenvalue weighted by Gasteiger charge is 1.95. The fourth-order valence-electron chi connectivity index (χ4n) is 9.46. The molecule has 0 saturated heterocycles. The Balaban J connectivity index is 0.000000125. The van der Waals surface area contributed by atoms with Crippen molar-refractivity contribution in [3.05, 3.63) is 438 Å². The van der Waals surface area contributed by atoms with Crippen molar-refractivity contribution in [2.45, 2.75) is 0 Å². The molecule has 0 unspecified atom stereocenters. The fraction of sp³-hybridized carbons (Fsp3) is 0. The number of benzene rings is 10. The molecule has 10 aromatic carbocycles. The van der Waals surface area contributed by atoms with Crippen molar-refractivity contribution in [1.82, 2.24) is 70.4 Å². The topological polar surface area (TPSA) is 213 Å². The number of thiazole rings is 1. The zero-order valence-electron chi connectivity index (χ0n) is 58.6. The molecule has 0 aliphatic heterocycles. The number of hydrogen-bond acceptors (Lipinski definition) is 16. The summed E-state index contributed by atoms with van der Waals surface area (Å²) in [6.45, 7) is 0. The van der Waals surface area contributed by atoms with Crippen molar-refractivity contribution < 1.29 is 8.94 Å². The Hall–Kier alpha value is -14.5. The summed E-state index contributed by atoms with van der Waals surface area (Å²) < 4.78 is 12.6. The van der Waals surface area contributed by atoms with Crippen LogP contribution in [0.2, 0.25) is 0 Å². The molecule has 0 bridgehead atoms. The van der Waals surface area contributed by atoms with Crippen LogP contribution in [-0.2, 0) is 0 Å². The molecule has 0 saturated carbocycles. The largest absolute Gasteiger partial charge is 0.464 e. The van der Waals surface area contributed by atoms with Gasteiger partial charge in [0.2, 0.25) is 0 Å². The van der Waals surface area contributed by atoms with Crippen molar-refractivity contribution in [2.75, 3.05) is 0 Å². The zero-order valence-corrected chi connectivity index (χ0v) is 60.2. The van der Waals surface area contributed by atoms with E-state index in [4.69, 9.17) is 8.94 Å². The van der Waals surface area contributed by atoms with Crippen molar-refractivity contribution >= 4 is 119 Å². The number of para-hydroxylation sites is 8. The van der Waals surface area contributed by atoms with E-state index in [1.54, 1.807) is 97.1 Å². The molecule has 0 amide bonds. The van der Waals surface area contributed by atoms with Crippen LogP contribution in [0, 0.1) is 0 Å². The molecule has 18 heteroatoms. The minimum Gasteiger partial charge on any atom is -0.464 e. The molecule has 2 N–H and O–H groups in total. The van der Waals surface area contributed by atoms with Crippen LogP contribution in [0.15, 0.2) is 447 Å². The van der Waals surface area contributed by atoms with Crippen LogP contribution < -0.4 is 0 Å². The number of furan rings is 1. The second-order valence-electron chi connectivity index (χ2n) is 22.1. The second-order valence-corrected chi connectivity index (χ2v) is 23.9. The normalized spacial score (nSPS) is 9.67. The maximum Gasteiger partial charge on any atom is 0.166 e. The Morgan fingerprint density at radius 3 is 1.37 bits per heavy atom. The van der Waals surface area contributed by atoms with Gasteiger partial charge in [0.15, 0.2) is 5.58 Å². The van der Waals surface area contributed by atoms with Crippen LogP contribution in [0.25, 0.3) is 96.8 Å². The maximum absolute atomic E-state index is 5.12. The van der Waals surface area contributed by atoms with Crippen LogP contribution in [0.4, 0.5) is 0 Å². The molecular weight excluding hydrogens is 1370 g/mol. The molecule has 22 rings (SSSR count). The summed E-state index contributed by atoms with van der Waals surface area (Å²) in [6, 6.07) is 106. The summed E-state index contributed by atoms with van der Waals surface area (Å²) in [6.07, 6.45) is 29.4. The first-order chi connectivity index (χ1) is 53.7. The molecular formula is C90H74N14O2S2. The summed E-state index contributed by atoms with van der Waals surface area (Å²) in [4.78, 5) is 34.9. The van der Waals surface area contributed by atoms with E-state index in [0.29, 0.717) is 0 Å². The summed E-state index contributed by atoms with van der Waals surface area (Å²) in [5, 5.41) is 29.2. The molecule has 0 spiro atoms. The van der Waals surface area contributed by atoms with Gasteiger partial charge in [0.25, 0.3) is 0 Å². The van der Waals surface area contributed by atoms with Gasteiger partial charge in [-0.05, 0) is 148 Å². The van der Waals surface area contributed by atoms with Crippen LogP contribution in [0.5, 0.6) is 0 Å². The van der Waals surface area contributed by atoms with E-state index in [2.05, 4.69) is 155 Å². The van der Waals surface area contributed by atoms with Gasteiger partial charge in [-0.15, -0.1) is 22.7 Å².